The van der Waals surface area contributed by atoms with Gasteiger partial charge >= 0.3 is 0 Å². The monoisotopic (exact) mass is 296 g/mol. The van der Waals surface area contributed by atoms with E-state index in [0.29, 0.717) is 31.3 Å². The molecule has 2 rings (SSSR count). The molecule has 5 heteroatoms. The van der Waals surface area contributed by atoms with Gasteiger partial charge in [0.05, 0.1) is 19.3 Å². The molecule has 1 aliphatic heterocycles. The Morgan fingerprint density at radius 1 is 1.24 bits per heavy atom. The van der Waals surface area contributed by atoms with Crippen molar-refractivity contribution in [1.82, 2.24) is 0 Å². The van der Waals surface area contributed by atoms with E-state index in [9.17, 15) is 0 Å². The molecule has 5 nitrogen and oxygen atoms in total. The summed E-state index contributed by atoms with van der Waals surface area (Å²) >= 11 is 0. The standard InChI is InChI=1S/C16H24O5/c1-5-17-12(4)21-14-8-7-13(9-15(14)18-6-2)16-19-10-11(3)20-16/h7-9,11-12,16H,5-6,10H2,1-4H3. The maximum atomic E-state index is 5.75. The van der Waals surface area contributed by atoms with Crippen LogP contribution in [-0.4, -0.2) is 32.2 Å². The molecule has 0 saturated carbocycles. The molecule has 1 heterocycles. The summed E-state index contributed by atoms with van der Waals surface area (Å²) in [6.45, 7) is 9.49. The number of benzene rings is 1. The molecule has 1 aromatic rings. The summed E-state index contributed by atoms with van der Waals surface area (Å²) in [6.07, 6.45) is -0.545. The van der Waals surface area contributed by atoms with Crippen molar-refractivity contribution in [1.29, 1.82) is 0 Å². The Balaban J connectivity index is 2.14. The first-order valence-corrected chi connectivity index (χ1v) is 7.46. The van der Waals surface area contributed by atoms with Crippen LogP contribution >= 0.6 is 0 Å². The van der Waals surface area contributed by atoms with Gasteiger partial charge in [-0.05, 0) is 39.8 Å². The third kappa shape index (κ3) is 4.33. The van der Waals surface area contributed by atoms with Crippen molar-refractivity contribution < 1.29 is 23.7 Å². The Morgan fingerprint density at radius 3 is 2.67 bits per heavy atom. The second-order valence-electron chi connectivity index (χ2n) is 4.89. The molecule has 0 aromatic heterocycles. The minimum Gasteiger partial charge on any atom is -0.490 e. The maximum absolute atomic E-state index is 5.75. The van der Waals surface area contributed by atoms with Crippen LogP contribution in [0.5, 0.6) is 11.5 Å². The Bertz CT molecular complexity index is 448. The smallest absolute Gasteiger partial charge is 0.197 e. The molecule has 1 fully saturated rings. The lowest BCUT2D eigenvalue weighted by Crippen LogP contribution is -2.16. The van der Waals surface area contributed by atoms with Crippen LogP contribution in [0.1, 0.15) is 39.5 Å². The van der Waals surface area contributed by atoms with Crippen molar-refractivity contribution in [2.75, 3.05) is 19.8 Å². The van der Waals surface area contributed by atoms with Crippen molar-refractivity contribution in [2.45, 2.75) is 46.4 Å². The summed E-state index contributed by atoms with van der Waals surface area (Å²) in [5, 5.41) is 0. The lowest BCUT2D eigenvalue weighted by Gasteiger charge is -2.19. The lowest BCUT2D eigenvalue weighted by atomic mass is 10.2. The lowest BCUT2D eigenvalue weighted by molar-refractivity contribution is -0.0633. The Kier molecular flexibility index (Phi) is 5.85. The van der Waals surface area contributed by atoms with Gasteiger partial charge in [0, 0.05) is 12.2 Å². The highest BCUT2D eigenvalue weighted by Crippen LogP contribution is 2.35. The van der Waals surface area contributed by atoms with Gasteiger partial charge in [0.15, 0.2) is 24.1 Å². The topological polar surface area (TPSA) is 46.2 Å². The second kappa shape index (κ2) is 7.64. The molecule has 3 unspecified atom stereocenters. The van der Waals surface area contributed by atoms with Crippen LogP contribution in [-0.2, 0) is 14.2 Å². The predicted octanol–water partition coefficient (Wildman–Crippen LogP) is 3.28. The van der Waals surface area contributed by atoms with Gasteiger partial charge in [-0.3, -0.25) is 0 Å². The largest absolute Gasteiger partial charge is 0.490 e. The normalized spacial score (nSPS) is 23.0. The Labute approximate surface area is 126 Å². The molecule has 1 aliphatic rings. The average molecular weight is 296 g/mol. The average Bonchev–Trinajstić information content (AvgIpc) is 2.88. The zero-order chi connectivity index (χ0) is 15.2. The molecule has 1 aromatic carbocycles. The molecule has 3 atom stereocenters. The Hall–Kier alpha value is -1.30. The summed E-state index contributed by atoms with van der Waals surface area (Å²) in [5.41, 5.74) is 0.930. The van der Waals surface area contributed by atoms with Gasteiger partial charge < -0.3 is 23.7 Å². The first kappa shape index (κ1) is 16.1. The maximum Gasteiger partial charge on any atom is 0.197 e. The van der Waals surface area contributed by atoms with Gasteiger partial charge in [0.1, 0.15) is 0 Å². The van der Waals surface area contributed by atoms with Crippen LogP contribution in [0, 0.1) is 0 Å². The summed E-state index contributed by atoms with van der Waals surface area (Å²) in [5.74, 6) is 1.33. The highest BCUT2D eigenvalue weighted by molar-refractivity contribution is 5.43. The van der Waals surface area contributed by atoms with Crippen molar-refractivity contribution in [3.8, 4) is 11.5 Å². The van der Waals surface area contributed by atoms with E-state index in [1.807, 2.05) is 45.9 Å². The molecule has 0 N–H and O–H groups in total. The van der Waals surface area contributed by atoms with E-state index in [1.165, 1.54) is 0 Å². The van der Waals surface area contributed by atoms with Crippen LogP contribution in [0.15, 0.2) is 18.2 Å². The fraction of sp³-hybridized carbons (Fsp3) is 0.625. The molecule has 0 amide bonds. The van der Waals surface area contributed by atoms with E-state index in [2.05, 4.69) is 0 Å². The summed E-state index contributed by atoms with van der Waals surface area (Å²) in [6, 6.07) is 5.70. The van der Waals surface area contributed by atoms with E-state index in [1.54, 1.807) is 0 Å². The van der Waals surface area contributed by atoms with E-state index < -0.39 is 0 Å². The second-order valence-corrected chi connectivity index (χ2v) is 4.89. The molecule has 118 valence electrons. The van der Waals surface area contributed by atoms with Gasteiger partial charge in [0.25, 0.3) is 0 Å². The van der Waals surface area contributed by atoms with Crippen LogP contribution in [0.25, 0.3) is 0 Å². The zero-order valence-electron chi connectivity index (χ0n) is 13.1. The predicted molar refractivity (Wildman–Crippen MR) is 78.6 cm³/mol. The molecule has 0 aliphatic carbocycles. The number of hydrogen-bond acceptors (Lipinski definition) is 5. The molecular formula is C16H24O5. The van der Waals surface area contributed by atoms with Crippen LogP contribution in [0.4, 0.5) is 0 Å². The van der Waals surface area contributed by atoms with Gasteiger partial charge in [-0.25, -0.2) is 0 Å². The number of rotatable bonds is 7. The SMILES string of the molecule is CCOc1cc(C2OCC(C)O2)ccc1OC(C)OCC. The van der Waals surface area contributed by atoms with Crippen LogP contribution in [0.2, 0.25) is 0 Å². The summed E-state index contributed by atoms with van der Waals surface area (Å²) in [4.78, 5) is 0. The van der Waals surface area contributed by atoms with E-state index >= 15 is 0 Å². The number of ether oxygens (including phenoxy) is 5. The number of hydrogen-bond donors (Lipinski definition) is 0. The van der Waals surface area contributed by atoms with E-state index in [4.69, 9.17) is 23.7 Å². The molecule has 1 saturated heterocycles. The minimum atomic E-state index is -0.336. The summed E-state index contributed by atoms with van der Waals surface area (Å²) < 4.78 is 28.1. The quantitative estimate of drug-likeness (QED) is 0.723. The highest BCUT2D eigenvalue weighted by atomic mass is 16.7. The molecule has 0 radical (unpaired) electrons. The van der Waals surface area contributed by atoms with Gasteiger partial charge in [0.2, 0.25) is 0 Å². The fourth-order valence-corrected chi connectivity index (χ4v) is 2.17. The van der Waals surface area contributed by atoms with Crippen molar-refractivity contribution >= 4 is 0 Å². The minimum absolute atomic E-state index is 0.111. The van der Waals surface area contributed by atoms with Crippen molar-refractivity contribution in [3.63, 3.8) is 0 Å². The van der Waals surface area contributed by atoms with Crippen molar-refractivity contribution in [3.05, 3.63) is 23.8 Å². The first-order valence-electron chi connectivity index (χ1n) is 7.46. The van der Waals surface area contributed by atoms with Crippen LogP contribution < -0.4 is 9.47 Å². The van der Waals surface area contributed by atoms with Crippen molar-refractivity contribution in [2.24, 2.45) is 0 Å². The summed E-state index contributed by atoms with van der Waals surface area (Å²) in [7, 11) is 0. The van der Waals surface area contributed by atoms with E-state index in [0.717, 1.165) is 5.56 Å². The third-order valence-corrected chi connectivity index (χ3v) is 3.07. The van der Waals surface area contributed by atoms with E-state index in [-0.39, 0.29) is 18.7 Å². The highest BCUT2D eigenvalue weighted by Gasteiger charge is 2.25. The molecule has 21 heavy (non-hydrogen) atoms. The third-order valence-electron chi connectivity index (χ3n) is 3.07. The fourth-order valence-electron chi connectivity index (χ4n) is 2.17. The molecular weight excluding hydrogens is 272 g/mol. The molecule has 0 bridgehead atoms. The Morgan fingerprint density at radius 2 is 2.05 bits per heavy atom. The molecule has 0 spiro atoms. The van der Waals surface area contributed by atoms with Gasteiger partial charge in [-0.2, -0.15) is 0 Å². The first-order chi connectivity index (χ1) is 10.1. The van der Waals surface area contributed by atoms with Gasteiger partial charge in [-0.1, -0.05) is 6.07 Å². The zero-order valence-corrected chi connectivity index (χ0v) is 13.1. The van der Waals surface area contributed by atoms with Crippen LogP contribution in [0.3, 0.4) is 0 Å². The van der Waals surface area contributed by atoms with Gasteiger partial charge in [-0.15, -0.1) is 0 Å².